The highest BCUT2D eigenvalue weighted by molar-refractivity contribution is 5.69. The van der Waals surface area contributed by atoms with Crippen molar-refractivity contribution in [3.63, 3.8) is 0 Å². The van der Waals surface area contributed by atoms with Gasteiger partial charge in [0.2, 0.25) is 0 Å². The number of ether oxygens (including phenoxy) is 1. The van der Waals surface area contributed by atoms with Crippen molar-refractivity contribution in [2.24, 2.45) is 5.41 Å². The summed E-state index contributed by atoms with van der Waals surface area (Å²) in [6, 6.07) is 0.488. The average Bonchev–Trinajstić information content (AvgIpc) is 2.27. The van der Waals surface area contributed by atoms with Gasteiger partial charge in [-0.15, -0.1) is 0 Å². The number of rotatable bonds is 6. The van der Waals surface area contributed by atoms with E-state index in [1.165, 1.54) is 12.8 Å². The maximum atomic E-state index is 11.7. The van der Waals surface area contributed by atoms with Gasteiger partial charge in [-0.3, -0.25) is 4.79 Å². The second-order valence-corrected chi connectivity index (χ2v) is 6.57. The van der Waals surface area contributed by atoms with E-state index in [4.69, 9.17) is 4.74 Å². The fourth-order valence-corrected chi connectivity index (χ4v) is 2.36. The first kappa shape index (κ1) is 15.5. The molecule has 106 valence electrons. The van der Waals surface area contributed by atoms with Gasteiger partial charge in [0.25, 0.3) is 0 Å². The van der Waals surface area contributed by atoms with Crippen molar-refractivity contribution in [3.05, 3.63) is 0 Å². The molecule has 0 saturated heterocycles. The summed E-state index contributed by atoms with van der Waals surface area (Å²) in [7, 11) is 0. The van der Waals surface area contributed by atoms with Gasteiger partial charge in [-0.1, -0.05) is 27.7 Å². The van der Waals surface area contributed by atoms with Crippen molar-refractivity contribution >= 4 is 5.97 Å². The van der Waals surface area contributed by atoms with Crippen LogP contribution in [0.4, 0.5) is 0 Å². The van der Waals surface area contributed by atoms with Crippen LogP contribution in [-0.2, 0) is 9.53 Å². The van der Waals surface area contributed by atoms with Gasteiger partial charge in [-0.25, -0.2) is 0 Å². The summed E-state index contributed by atoms with van der Waals surface area (Å²) in [6.07, 6.45) is 5.98. The van der Waals surface area contributed by atoms with Gasteiger partial charge in [-0.05, 0) is 44.1 Å². The molecular weight excluding hydrogens is 226 g/mol. The lowest BCUT2D eigenvalue weighted by molar-refractivity contribution is -0.151. The second kappa shape index (κ2) is 7.13. The summed E-state index contributed by atoms with van der Waals surface area (Å²) in [5, 5.41) is 3.31. The van der Waals surface area contributed by atoms with Crippen LogP contribution in [0.3, 0.4) is 0 Å². The summed E-state index contributed by atoms with van der Waals surface area (Å²) in [5.41, 5.74) is 0.435. The molecular formula is C15H29NO2. The van der Waals surface area contributed by atoms with Crippen LogP contribution < -0.4 is 5.32 Å². The van der Waals surface area contributed by atoms with E-state index in [1.54, 1.807) is 0 Å². The first-order valence-corrected chi connectivity index (χ1v) is 7.32. The van der Waals surface area contributed by atoms with E-state index >= 15 is 0 Å². The second-order valence-electron chi connectivity index (χ2n) is 6.57. The summed E-state index contributed by atoms with van der Waals surface area (Å²) in [5.74, 6) is -0.0229. The molecule has 0 radical (unpaired) electrons. The van der Waals surface area contributed by atoms with Crippen molar-refractivity contribution < 1.29 is 9.53 Å². The quantitative estimate of drug-likeness (QED) is 0.585. The van der Waals surface area contributed by atoms with Crippen molar-refractivity contribution in [1.82, 2.24) is 5.32 Å². The third-order valence-electron chi connectivity index (χ3n) is 3.69. The molecule has 0 spiro atoms. The van der Waals surface area contributed by atoms with Crippen LogP contribution in [0.15, 0.2) is 0 Å². The number of hydrogen-bond donors (Lipinski definition) is 1. The van der Waals surface area contributed by atoms with E-state index in [0.29, 0.717) is 17.9 Å². The molecule has 3 nitrogen and oxygen atoms in total. The smallest absolute Gasteiger partial charge is 0.306 e. The number of hydrogen-bond acceptors (Lipinski definition) is 3. The Morgan fingerprint density at radius 3 is 2.50 bits per heavy atom. The van der Waals surface area contributed by atoms with Crippen molar-refractivity contribution in [2.45, 2.75) is 78.4 Å². The first-order chi connectivity index (χ1) is 8.39. The van der Waals surface area contributed by atoms with Crippen LogP contribution in [0.25, 0.3) is 0 Å². The fraction of sp³-hybridized carbons (Fsp3) is 0.933. The van der Waals surface area contributed by atoms with Crippen molar-refractivity contribution in [3.8, 4) is 0 Å². The molecule has 1 fully saturated rings. The minimum Gasteiger partial charge on any atom is -0.462 e. The Morgan fingerprint density at radius 1 is 1.33 bits per heavy atom. The fourth-order valence-electron chi connectivity index (χ4n) is 2.36. The lowest BCUT2D eigenvalue weighted by Crippen LogP contribution is -2.29. The van der Waals surface area contributed by atoms with Gasteiger partial charge in [0.05, 0.1) is 0 Å². The monoisotopic (exact) mass is 255 g/mol. The zero-order valence-electron chi connectivity index (χ0n) is 12.4. The SMILES string of the molecule is CC(C)NCCCC(=O)OC1CCC(C)(C)CC1. The van der Waals surface area contributed by atoms with Gasteiger partial charge < -0.3 is 10.1 Å². The Kier molecular flexibility index (Phi) is 6.13. The molecule has 1 aliphatic rings. The third-order valence-corrected chi connectivity index (χ3v) is 3.69. The summed E-state index contributed by atoms with van der Waals surface area (Å²) < 4.78 is 5.52. The maximum absolute atomic E-state index is 11.7. The number of carbonyl (C=O) groups is 1. The van der Waals surface area contributed by atoms with E-state index in [9.17, 15) is 4.79 Å². The minimum absolute atomic E-state index is 0.0229. The van der Waals surface area contributed by atoms with Crippen LogP contribution >= 0.6 is 0 Å². The van der Waals surface area contributed by atoms with Gasteiger partial charge >= 0.3 is 5.97 Å². The molecule has 0 aromatic rings. The maximum Gasteiger partial charge on any atom is 0.306 e. The Bertz CT molecular complexity index is 251. The third kappa shape index (κ3) is 6.39. The Balaban J connectivity index is 2.10. The lowest BCUT2D eigenvalue weighted by Gasteiger charge is -2.33. The van der Waals surface area contributed by atoms with Gasteiger partial charge in [0, 0.05) is 12.5 Å². The van der Waals surface area contributed by atoms with E-state index in [0.717, 1.165) is 25.8 Å². The standard InChI is InChI=1S/C15H29NO2/c1-12(2)16-11-5-6-14(17)18-13-7-9-15(3,4)10-8-13/h12-13,16H,5-11H2,1-4H3. The Hall–Kier alpha value is -0.570. The molecule has 0 aliphatic heterocycles. The highest BCUT2D eigenvalue weighted by Crippen LogP contribution is 2.36. The molecule has 1 N–H and O–H groups in total. The highest BCUT2D eigenvalue weighted by atomic mass is 16.5. The molecule has 0 heterocycles. The predicted molar refractivity (Wildman–Crippen MR) is 74.5 cm³/mol. The molecule has 0 atom stereocenters. The normalized spacial score (nSPS) is 20.1. The molecule has 0 aromatic heterocycles. The largest absolute Gasteiger partial charge is 0.462 e. The van der Waals surface area contributed by atoms with Crippen LogP contribution in [0.5, 0.6) is 0 Å². The zero-order chi connectivity index (χ0) is 13.6. The van der Waals surface area contributed by atoms with Gasteiger partial charge in [0.1, 0.15) is 6.10 Å². The summed E-state index contributed by atoms with van der Waals surface area (Å²) in [6.45, 7) is 9.71. The number of nitrogens with one attached hydrogen (secondary N) is 1. The summed E-state index contributed by atoms with van der Waals surface area (Å²) >= 11 is 0. The van der Waals surface area contributed by atoms with Gasteiger partial charge in [0.15, 0.2) is 0 Å². The summed E-state index contributed by atoms with van der Waals surface area (Å²) in [4.78, 5) is 11.7. The lowest BCUT2D eigenvalue weighted by atomic mass is 9.76. The van der Waals surface area contributed by atoms with E-state index in [2.05, 4.69) is 33.0 Å². The number of carbonyl (C=O) groups excluding carboxylic acids is 1. The Morgan fingerprint density at radius 2 is 1.94 bits per heavy atom. The predicted octanol–water partition coefficient (Wildman–Crippen LogP) is 3.28. The first-order valence-electron chi connectivity index (χ1n) is 7.32. The van der Waals surface area contributed by atoms with Crippen LogP contribution in [0, 0.1) is 5.41 Å². The van der Waals surface area contributed by atoms with E-state index < -0.39 is 0 Å². The molecule has 0 unspecified atom stereocenters. The van der Waals surface area contributed by atoms with E-state index in [1.807, 2.05) is 0 Å². The molecule has 1 rings (SSSR count). The van der Waals surface area contributed by atoms with Crippen LogP contribution in [0.2, 0.25) is 0 Å². The highest BCUT2D eigenvalue weighted by Gasteiger charge is 2.28. The van der Waals surface area contributed by atoms with Gasteiger partial charge in [-0.2, -0.15) is 0 Å². The molecule has 1 saturated carbocycles. The average molecular weight is 255 g/mol. The van der Waals surface area contributed by atoms with Crippen LogP contribution in [-0.4, -0.2) is 24.7 Å². The van der Waals surface area contributed by atoms with E-state index in [-0.39, 0.29) is 12.1 Å². The Labute approximate surface area is 112 Å². The molecule has 1 aliphatic carbocycles. The molecule has 0 amide bonds. The molecule has 3 heteroatoms. The topological polar surface area (TPSA) is 38.3 Å². The van der Waals surface area contributed by atoms with Crippen LogP contribution in [0.1, 0.15) is 66.2 Å². The van der Waals surface area contributed by atoms with Crippen molar-refractivity contribution in [1.29, 1.82) is 0 Å². The number of esters is 1. The molecule has 0 bridgehead atoms. The zero-order valence-corrected chi connectivity index (χ0v) is 12.4. The van der Waals surface area contributed by atoms with Crippen molar-refractivity contribution in [2.75, 3.05) is 6.54 Å². The minimum atomic E-state index is -0.0229. The molecule has 18 heavy (non-hydrogen) atoms. The molecule has 0 aromatic carbocycles.